The normalized spacial score (nSPS) is 11.5. The number of benzene rings is 2. The van der Waals surface area contributed by atoms with Crippen molar-refractivity contribution in [3.05, 3.63) is 88.2 Å². The quantitative estimate of drug-likeness (QED) is 0.518. The van der Waals surface area contributed by atoms with Gasteiger partial charge in [0, 0.05) is 30.3 Å². The molecule has 3 rings (SSSR count). The van der Waals surface area contributed by atoms with Crippen molar-refractivity contribution in [2.24, 2.45) is 7.05 Å². The number of hydrogen-bond donors (Lipinski definition) is 2. The molecule has 0 aliphatic carbocycles. The first kappa shape index (κ1) is 22.6. The average Bonchev–Trinajstić information content (AvgIpc) is 2.97. The molecule has 6 nitrogen and oxygen atoms in total. The van der Waals surface area contributed by atoms with E-state index in [9.17, 15) is 22.0 Å². The molecule has 0 spiro atoms. The average molecular weight is 448 g/mol. The zero-order valence-electron chi connectivity index (χ0n) is 17.0. The van der Waals surface area contributed by atoms with Crippen LogP contribution < -0.4 is 4.72 Å². The smallest absolute Gasteiger partial charge is 0.234 e. The number of carbonyl (C=O) groups is 1. The van der Waals surface area contributed by atoms with Crippen LogP contribution in [0.5, 0.6) is 0 Å². The van der Waals surface area contributed by atoms with Crippen molar-refractivity contribution in [3.63, 3.8) is 0 Å². The number of rotatable bonds is 8. The molecule has 9 heteroatoms. The molecule has 0 unspecified atom stereocenters. The molecule has 1 heterocycles. The minimum absolute atomic E-state index is 0.124. The number of nitrogens with one attached hydrogen (secondary N) is 1. The topological polar surface area (TPSA) is 88.4 Å². The van der Waals surface area contributed by atoms with Gasteiger partial charge in [-0.3, -0.25) is 9.52 Å². The number of aromatic nitrogens is 1. The van der Waals surface area contributed by atoms with Gasteiger partial charge in [-0.25, -0.2) is 17.2 Å². The second kappa shape index (κ2) is 8.99. The number of aryl methyl sites for hydroxylation is 1. The molecule has 2 aromatic carbocycles. The van der Waals surface area contributed by atoms with Crippen LogP contribution in [0, 0.1) is 18.6 Å². The minimum atomic E-state index is -3.91. The summed E-state index contributed by atoms with van der Waals surface area (Å²) < 4.78 is 56.3. The summed E-state index contributed by atoms with van der Waals surface area (Å²) in [5, 5.41) is 8.77. The van der Waals surface area contributed by atoms with Crippen LogP contribution in [0.4, 0.5) is 14.5 Å². The van der Waals surface area contributed by atoms with Crippen LogP contribution in [0.25, 0.3) is 0 Å². The third kappa shape index (κ3) is 5.00. The van der Waals surface area contributed by atoms with Crippen LogP contribution in [0.1, 0.15) is 32.9 Å². The van der Waals surface area contributed by atoms with E-state index in [1.54, 1.807) is 54.9 Å². The van der Waals surface area contributed by atoms with Crippen molar-refractivity contribution in [1.82, 2.24) is 4.57 Å². The Bertz CT molecular complexity index is 1200. The largest absolute Gasteiger partial charge is 0.395 e. The third-order valence-electron chi connectivity index (χ3n) is 4.91. The van der Waals surface area contributed by atoms with E-state index in [-0.39, 0.29) is 23.5 Å². The molecule has 0 saturated heterocycles. The van der Waals surface area contributed by atoms with E-state index in [1.165, 1.54) is 0 Å². The summed E-state index contributed by atoms with van der Waals surface area (Å²) in [7, 11) is -2.25. The van der Waals surface area contributed by atoms with E-state index in [2.05, 4.69) is 0 Å². The Morgan fingerprint density at radius 2 is 1.71 bits per heavy atom. The zero-order chi connectivity index (χ0) is 22.8. The lowest BCUT2D eigenvalue weighted by Crippen LogP contribution is -2.19. The molecule has 164 valence electrons. The molecule has 0 radical (unpaired) electrons. The maximum Gasteiger partial charge on any atom is 0.234 e. The summed E-state index contributed by atoms with van der Waals surface area (Å²) in [4.78, 5) is 12.9. The Morgan fingerprint density at radius 3 is 2.29 bits per heavy atom. The van der Waals surface area contributed by atoms with Gasteiger partial charge in [0.25, 0.3) is 0 Å². The fourth-order valence-corrected chi connectivity index (χ4v) is 4.23. The van der Waals surface area contributed by atoms with Crippen molar-refractivity contribution >= 4 is 21.5 Å². The van der Waals surface area contributed by atoms with Crippen LogP contribution in [0.3, 0.4) is 0 Å². The first-order valence-corrected chi connectivity index (χ1v) is 11.1. The SMILES string of the molecule is Cc1cc(Cc2c(F)cc(NS(=O)(=O)CCO)cc2F)n(C)c1C(=O)c1ccccc1. The van der Waals surface area contributed by atoms with E-state index in [0.29, 0.717) is 22.5 Å². The number of aliphatic hydroxyl groups is 1. The van der Waals surface area contributed by atoms with Gasteiger partial charge in [0.2, 0.25) is 15.8 Å². The van der Waals surface area contributed by atoms with Crippen LogP contribution in [-0.4, -0.2) is 36.2 Å². The van der Waals surface area contributed by atoms with Crippen molar-refractivity contribution in [2.45, 2.75) is 13.3 Å². The Kier molecular flexibility index (Phi) is 6.56. The molecular weight excluding hydrogens is 426 g/mol. The van der Waals surface area contributed by atoms with Gasteiger partial charge in [-0.1, -0.05) is 30.3 Å². The van der Waals surface area contributed by atoms with Crippen LogP contribution in [0.15, 0.2) is 48.5 Å². The van der Waals surface area contributed by atoms with Gasteiger partial charge in [0.15, 0.2) is 0 Å². The lowest BCUT2D eigenvalue weighted by atomic mass is 10.1. The molecule has 0 saturated carbocycles. The Hall–Kier alpha value is -3.04. The number of carbonyl (C=O) groups excluding carboxylic acids is 1. The molecule has 3 aromatic rings. The van der Waals surface area contributed by atoms with Gasteiger partial charge < -0.3 is 9.67 Å². The molecule has 2 N–H and O–H groups in total. The Morgan fingerprint density at radius 1 is 1.10 bits per heavy atom. The summed E-state index contributed by atoms with van der Waals surface area (Å²) in [5.41, 5.74) is 1.63. The zero-order valence-corrected chi connectivity index (χ0v) is 17.8. The highest BCUT2D eigenvalue weighted by atomic mass is 32.2. The second-order valence-electron chi connectivity index (χ2n) is 7.16. The Labute approximate surface area is 179 Å². The van der Waals surface area contributed by atoms with Crippen molar-refractivity contribution in [1.29, 1.82) is 0 Å². The number of sulfonamides is 1. The summed E-state index contributed by atoms with van der Waals surface area (Å²) in [6.07, 6.45) is -0.124. The van der Waals surface area contributed by atoms with Crippen LogP contribution >= 0.6 is 0 Å². The minimum Gasteiger partial charge on any atom is -0.395 e. The standard InChI is InChI=1S/C22H22F2N2O4S/c1-14-10-17(26(2)21(14)22(28)15-6-4-3-5-7-15)13-18-19(23)11-16(12-20(18)24)25-31(29,30)9-8-27/h3-7,10-12,25,27H,8-9,13H2,1-2H3. The first-order valence-electron chi connectivity index (χ1n) is 9.47. The molecule has 31 heavy (non-hydrogen) atoms. The number of hydrogen-bond acceptors (Lipinski definition) is 4. The molecule has 0 fully saturated rings. The highest BCUT2D eigenvalue weighted by Gasteiger charge is 2.21. The van der Waals surface area contributed by atoms with Crippen molar-refractivity contribution in [3.8, 4) is 0 Å². The predicted octanol–water partition coefficient (Wildman–Crippen LogP) is 3.17. The number of aliphatic hydroxyl groups excluding tert-OH is 1. The summed E-state index contributed by atoms with van der Waals surface area (Å²) in [5.74, 6) is -2.62. The van der Waals surface area contributed by atoms with E-state index < -0.39 is 34.0 Å². The van der Waals surface area contributed by atoms with Gasteiger partial charge in [0.1, 0.15) is 11.6 Å². The summed E-state index contributed by atoms with van der Waals surface area (Å²) in [6, 6.07) is 12.2. The maximum atomic E-state index is 14.6. The predicted molar refractivity (Wildman–Crippen MR) is 114 cm³/mol. The third-order valence-corrected chi connectivity index (χ3v) is 6.17. The highest BCUT2D eigenvalue weighted by Crippen LogP contribution is 2.25. The van der Waals surface area contributed by atoms with E-state index in [0.717, 1.165) is 12.1 Å². The number of ketones is 1. The van der Waals surface area contributed by atoms with Gasteiger partial charge in [0.05, 0.1) is 23.7 Å². The molecule has 0 aliphatic heterocycles. The van der Waals surface area contributed by atoms with Gasteiger partial charge in [-0.05, 0) is 30.7 Å². The van der Waals surface area contributed by atoms with Gasteiger partial charge >= 0.3 is 0 Å². The van der Waals surface area contributed by atoms with Gasteiger partial charge in [-0.15, -0.1) is 0 Å². The van der Waals surface area contributed by atoms with Crippen molar-refractivity contribution in [2.75, 3.05) is 17.1 Å². The van der Waals surface area contributed by atoms with E-state index >= 15 is 0 Å². The fraction of sp³-hybridized carbons (Fsp3) is 0.227. The Balaban J connectivity index is 1.91. The summed E-state index contributed by atoms with van der Waals surface area (Å²) >= 11 is 0. The summed E-state index contributed by atoms with van der Waals surface area (Å²) in [6.45, 7) is 1.14. The molecule has 1 aromatic heterocycles. The van der Waals surface area contributed by atoms with Crippen LogP contribution in [0.2, 0.25) is 0 Å². The number of halogens is 2. The molecule has 0 amide bonds. The fourth-order valence-electron chi connectivity index (χ4n) is 3.41. The number of nitrogens with zero attached hydrogens (tertiary/aromatic N) is 1. The number of anilines is 1. The lowest BCUT2D eigenvalue weighted by molar-refractivity contribution is 0.103. The monoisotopic (exact) mass is 448 g/mol. The van der Waals surface area contributed by atoms with Crippen molar-refractivity contribution < 1.29 is 27.1 Å². The molecule has 0 atom stereocenters. The van der Waals surface area contributed by atoms with Gasteiger partial charge in [-0.2, -0.15) is 0 Å². The maximum absolute atomic E-state index is 14.6. The second-order valence-corrected chi connectivity index (χ2v) is 9.00. The molecule has 0 aliphatic rings. The first-order chi connectivity index (χ1) is 14.6. The lowest BCUT2D eigenvalue weighted by Gasteiger charge is -2.12. The molecule has 0 bridgehead atoms. The highest BCUT2D eigenvalue weighted by molar-refractivity contribution is 7.92. The van der Waals surface area contributed by atoms with Crippen LogP contribution in [-0.2, 0) is 23.5 Å². The van der Waals surface area contributed by atoms with E-state index in [1.807, 2.05) is 4.72 Å². The van der Waals surface area contributed by atoms with E-state index in [4.69, 9.17) is 5.11 Å². The molecular formula is C22H22F2N2O4S.